The van der Waals surface area contributed by atoms with Crippen molar-refractivity contribution in [2.24, 2.45) is 0 Å². The topological polar surface area (TPSA) is 54.4 Å². The van der Waals surface area contributed by atoms with Gasteiger partial charge in [0.15, 0.2) is 0 Å². The summed E-state index contributed by atoms with van der Waals surface area (Å²) >= 11 is 0. The van der Waals surface area contributed by atoms with Crippen LogP contribution in [0.15, 0.2) is 48.1 Å². The van der Waals surface area contributed by atoms with Gasteiger partial charge in [0.25, 0.3) is 0 Å². The van der Waals surface area contributed by atoms with Gasteiger partial charge >= 0.3 is 5.97 Å². The zero-order valence-corrected chi connectivity index (χ0v) is 15.7. The molecule has 0 saturated carbocycles. The molecule has 25 heavy (non-hydrogen) atoms. The number of carbonyl (C=O) groups excluding carboxylic acids is 1. The predicted octanol–water partition coefficient (Wildman–Crippen LogP) is 6.18. The first-order valence-corrected chi connectivity index (χ1v) is 9.58. The molecule has 0 aliphatic carbocycles. The Morgan fingerprint density at radius 1 is 0.800 bits per heavy atom. The van der Waals surface area contributed by atoms with Crippen LogP contribution in [-0.4, -0.2) is 17.4 Å². The number of aliphatic carboxylic acids is 1. The Morgan fingerprint density at radius 3 is 1.96 bits per heavy atom. The molecular weight excluding hydrogens is 312 g/mol. The smallest absolute Gasteiger partial charge is 0.331 e. The SMILES string of the molecule is CCCCCCCCCCCC=CC=CC=CC=C(CC=O)C(=O)O. The van der Waals surface area contributed by atoms with Crippen LogP contribution in [0.2, 0.25) is 0 Å². The molecule has 0 aromatic rings. The number of hydrogen-bond acceptors (Lipinski definition) is 2. The van der Waals surface area contributed by atoms with Crippen LogP contribution >= 0.6 is 0 Å². The molecule has 0 heterocycles. The van der Waals surface area contributed by atoms with E-state index in [0.29, 0.717) is 6.29 Å². The molecule has 0 radical (unpaired) electrons. The number of hydrogen-bond donors (Lipinski definition) is 1. The zero-order chi connectivity index (χ0) is 18.6. The highest BCUT2D eigenvalue weighted by Crippen LogP contribution is 2.10. The third-order valence-electron chi connectivity index (χ3n) is 3.93. The highest BCUT2D eigenvalue weighted by molar-refractivity contribution is 5.90. The largest absolute Gasteiger partial charge is 0.478 e. The van der Waals surface area contributed by atoms with Crippen LogP contribution in [0.1, 0.15) is 77.6 Å². The van der Waals surface area contributed by atoms with Crippen LogP contribution in [0.3, 0.4) is 0 Å². The van der Waals surface area contributed by atoms with E-state index in [4.69, 9.17) is 5.11 Å². The summed E-state index contributed by atoms with van der Waals surface area (Å²) in [5.41, 5.74) is 0.0977. The van der Waals surface area contributed by atoms with E-state index < -0.39 is 5.97 Å². The predicted molar refractivity (Wildman–Crippen MR) is 106 cm³/mol. The van der Waals surface area contributed by atoms with E-state index in [1.54, 1.807) is 12.2 Å². The normalized spacial score (nSPS) is 12.6. The quantitative estimate of drug-likeness (QED) is 0.157. The Bertz CT molecular complexity index is 456. The second kappa shape index (κ2) is 18.4. The van der Waals surface area contributed by atoms with Crippen molar-refractivity contribution >= 4 is 12.3 Å². The fraction of sp³-hybridized carbons (Fsp3) is 0.545. The Balaban J connectivity index is 3.66. The molecule has 1 N–H and O–H groups in total. The maximum absolute atomic E-state index is 10.8. The molecule has 0 aromatic heterocycles. The van der Waals surface area contributed by atoms with Gasteiger partial charge in [-0.05, 0) is 12.8 Å². The first kappa shape index (κ1) is 23.1. The average Bonchev–Trinajstić information content (AvgIpc) is 2.60. The summed E-state index contributed by atoms with van der Waals surface area (Å²) in [6, 6.07) is 0. The van der Waals surface area contributed by atoms with E-state index in [9.17, 15) is 9.59 Å². The summed E-state index contributed by atoms with van der Waals surface area (Å²) < 4.78 is 0. The van der Waals surface area contributed by atoms with Crippen molar-refractivity contribution in [2.75, 3.05) is 0 Å². The molecule has 3 heteroatoms. The van der Waals surface area contributed by atoms with Crippen LogP contribution in [0.4, 0.5) is 0 Å². The molecule has 0 aromatic carbocycles. The minimum absolute atomic E-state index is 0.0674. The fourth-order valence-electron chi connectivity index (χ4n) is 2.43. The molecule has 0 spiro atoms. The monoisotopic (exact) mass is 346 g/mol. The van der Waals surface area contributed by atoms with Gasteiger partial charge in [-0.3, -0.25) is 0 Å². The number of allylic oxidation sites excluding steroid dienone is 7. The van der Waals surface area contributed by atoms with Crippen LogP contribution < -0.4 is 0 Å². The number of rotatable bonds is 16. The van der Waals surface area contributed by atoms with Crippen molar-refractivity contribution in [3.8, 4) is 0 Å². The standard InChI is InChI=1S/C22H34O3/c1-2-3-4-5-6-7-8-9-10-11-12-13-14-15-16-17-18-21(19-20-23)22(24)25/h12-18,20H,2-11,19H2,1H3,(H,24,25). The summed E-state index contributed by atoms with van der Waals surface area (Å²) in [6.45, 7) is 2.25. The summed E-state index contributed by atoms with van der Waals surface area (Å²) in [4.78, 5) is 21.1. The number of carboxylic acids is 1. The molecular formula is C22H34O3. The fourth-order valence-corrected chi connectivity index (χ4v) is 2.43. The Hall–Kier alpha value is -1.90. The van der Waals surface area contributed by atoms with Crippen LogP contribution in [0, 0.1) is 0 Å². The highest BCUT2D eigenvalue weighted by atomic mass is 16.4. The second-order valence-corrected chi connectivity index (χ2v) is 6.18. The lowest BCUT2D eigenvalue weighted by molar-refractivity contribution is -0.133. The molecule has 0 bridgehead atoms. The van der Waals surface area contributed by atoms with Crippen molar-refractivity contribution in [3.63, 3.8) is 0 Å². The van der Waals surface area contributed by atoms with Gasteiger partial charge in [-0.15, -0.1) is 0 Å². The van der Waals surface area contributed by atoms with Crippen LogP contribution in [0.5, 0.6) is 0 Å². The van der Waals surface area contributed by atoms with Crippen molar-refractivity contribution in [1.29, 1.82) is 0 Å². The lowest BCUT2D eigenvalue weighted by Crippen LogP contribution is -2.00. The van der Waals surface area contributed by atoms with E-state index in [0.717, 1.165) is 6.42 Å². The first-order valence-electron chi connectivity index (χ1n) is 9.58. The van der Waals surface area contributed by atoms with E-state index in [1.807, 2.05) is 18.2 Å². The molecule has 140 valence electrons. The minimum Gasteiger partial charge on any atom is -0.478 e. The van der Waals surface area contributed by atoms with E-state index in [2.05, 4.69) is 13.0 Å². The summed E-state index contributed by atoms with van der Waals surface area (Å²) in [5, 5.41) is 8.84. The van der Waals surface area contributed by atoms with Gasteiger partial charge in [0.2, 0.25) is 0 Å². The molecule has 0 aliphatic heterocycles. The lowest BCUT2D eigenvalue weighted by Gasteiger charge is -2.00. The maximum atomic E-state index is 10.8. The number of carboxylic acid groups (broad SMARTS) is 1. The van der Waals surface area contributed by atoms with Gasteiger partial charge in [-0.2, -0.15) is 0 Å². The third-order valence-corrected chi connectivity index (χ3v) is 3.93. The minimum atomic E-state index is -1.05. The van der Waals surface area contributed by atoms with Crippen molar-refractivity contribution in [1.82, 2.24) is 0 Å². The van der Waals surface area contributed by atoms with Crippen LogP contribution in [0.25, 0.3) is 0 Å². The van der Waals surface area contributed by atoms with Gasteiger partial charge < -0.3 is 9.90 Å². The van der Waals surface area contributed by atoms with Crippen molar-refractivity contribution in [3.05, 3.63) is 48.1 Å². The van der Waals surface area contributed by atoms with E-state index in [-0.39, 0.29) is 12.0 Å². The summed E-state index contributed by atoms with van der Waals surface area (Å²) in [6.07, 6.45) is 26.6. The summed E-state index contributed by atoms with van der Waals surface area (Å²) in [7, 11) is 0. The van der Waals surface area contributed by atoms with Gasteiger partial charge in [-0.1, -0.05) is 101 Å². The van der Waals surface area contributed by atoms with Gasteiger partial charge in [0.1, 0.15) is 6.29 Å². The number of carbonyl (C=O) groups is 2. The molecule has 0 saturated heterocycles. The average molecular weight is 347 g/mol. The number of aldehydes is 1. The zero-order valence-electron chi connectivity index (χ0n) is 15.7. The molecule has 0 atom stereocenters. The molecule has 0 rings (SSSR count). The van der Waals surface area contributed by atoms with Gasteiger partial charge in [0, 0.05) is 12.0 Å². The number of unbranched alkanes of at least 4 members (excludes halogenated alkanes) is 9. The van der Waals surface area contributed by atoms with E-state index >= 15 is 0 Å². The third kappa shape index (κ3) is 16.7. The molecule has 0 aliphatic rings. The Kier molecular flexibility index (Phi) is 17.0. The first-order chi connectivity index (χ1) is 12.2. The van der Waals surface area contributed by atoms with Crippen molar-refractivity contribution < 1.29 is 14.7 Å². The van der Waals surface area contributed by atoms with Gasteiger partial charge in [0.05, 0.1) is 0 Å². The molecule has 0 fully saturated rings. The molecule has 0 amide bonds. The molecule has 0 unspecified atom stereocenters. The van der Waals surface area contributed by atoms with E-state index in [1.165, 1.54) is 63.9 Å². The summed E-state index contributed by atoms with van der Waals surface area (Å²) in [5.74, 6) is -1.05. The second-order valence-electron chi connectivity index (χ2n) is 6.18. The van der Waals surface area contributed by atoms with Crippen molar-refractivity contribution in [2.45, 2.75) is 77.6 Å². The van der Waals surface area contributed by atoms with Gasteiger partial charge in [-0.25, -0.2) is 4.79 Å². The Morgan fingerprint density at radius 2 is 1.36 bits per heavy atom. The van der Waals surface area contributed by atoms with Crippen LogP contribution in [-0.2, 0) is 9.59 Å². The molecule has 3 nitrogen and oxygen atoms in total. The Labute approximate surface area is 153 Å². The highest BCUT2D eigenvalue weighted by Gasteiger charge is 2.03. The maximum Gasteiger partial charge on any atom is 0.331 e. The lowest BCUT2D eigenvalue weighted by atomic mass is 10.1.